The van der Waals surface area contributed by atoms with E-state index in [1.165, 1.54) is 21.7 Å². The van der Waals surface area contributed by atoms with E-state index in [1.54, 1.807) is 11.3 Å². The van der Waals surface area contributed by atoms with Gasteiger partial charge in [-0.2, -0.15) is 0 Å². The van der Waals surface area contributed by atoms with Gasteiger partial charge in [0.25, 0.3) is 0 Å². The Bertz CT molecular complexity index is 717. The summed E-state index contributed by atoms with van der Waals surface area (Å²) in [5, 5.41) is 4.92. The summed E-state index contributed by atoms with van der Waals surface area (Å²) >= 11 is 1.80. The van der Waals surface area contributed by atoms with Gasteiger partial charge in [0.15, 0.2) is 0 Å². The van der Waals surface area contributed by atoms with Crippen molar-refractivity contribution in [1.82, 2.24) is 10.3 Å². The van der Waals surface area contributed by atoms with Crippen LogP contribution in [0.2, 0.25) is 0 Å². The van der Waals surface area contributed by atoms with E-state index in [1.807, 2.05) is 0 Å². The molecule has 21 heavy (non-hydrogen) atoms. The van der Waals surface area contributed by atoms with E-state index >= 15 is 0 Å². The van der Waals surface area contributed by atoms with Crippen molar-refractivity contribution >= 4 is 21.6 Å². The lowest BCUT2D eigenvalue weighted by Crippen LogP contribution is -2.21. The fraction of sp³-hybridized carbons (Fsp3) is 0.278. The van der Waals surface area contributed by atoms with E-state index in [2.05, 4.69) is 66.8 Å². The monoisotopic (exact) mass is 294 g/mol. The van der Waals surface area contributed by atoms with Crippen LogP contribution in [0.4, 0.5) is 0 Å². The molecule has 3 aromatic rings. The average molecular weight is 294 g/mol. The minimum atomic E-state index is 0.320. The largest absolute Gasteiger partial charge is 0.305 e. The van der Waals surface area contributed by atoms with Crippen LogP contribution in [0.3, 0.4) is 0 Å². The Morgan fingerprint density at radius 3 is 2.67 bits per heavy atom. The molecule has 3 atom stereocenters. The van der Waals surface area contributed by atoms with Crippen LogP contribution >= 0.6 is 11.3 Å². The molecular formula is C18H18N2S. The Balaban J connectivity index is 1.46. The van der Waals surface area contributed by atoms with Crippen LogP contribution in [0, 0.1) is 0 Å². The molecular weight excluding hydrogens is 276 g/mol. The summed E-state index contributed by atoms with van der Waals surface area (Å²) in [6.45, 7) is 2.22. The molecule has 3 heteroatoms. The molecule has 1 aromatic heterocycles. The molecule has 1 saturated carbocycles. The summed E-state index contributed by atoms with van der Waals surface area (Å²) in [6, 6.07) is 20.1. The van der Waals surface area contributed by atoms with E-state index in [9.17, 15) is 0 Å². The maximum atomic E-state index is 4.75. The summed E-state index contributed by atoms with van der Waals surface area (Å²) in [6.07, 6.45) is 1.24. The third kappa shape index (κ3) is 2.59. The molecule has 0 aliphatic heterocycles. The van der Waals surface area contributed by atoms with Gasteiger partial charge in [-0.05, 0) is 31.0 Å². The van der Waals surface area contributed by atoms with Crippen molar-refractivity contribution < 1.29 is 0 Å². The Hall–Kier alpha value is -1.71. The fourth-order valence-electron chi connectivity index (χ4n) is 2.92. The Kier molecular flexibility index (Phi) is 3.24. The van der Waals surface area contributed by atoms with Crippen molar-refractivity contribution in [2.75, 3.05) is 0 Å². The molecule has 106 valence electrons. The first-order chi connectivity index (χ1) is 10.3. The number of nitrogens with zero attached hydrogens (tertiary/aromatic N) is 1. The maximum absolute atomic E-state index is 4.75. The number of fused-ring (bicyclic) bond motifs is 1. The highest BCUT2D eigenvalue weighted by molar-refractivity contribution is 7.18. The quantitative estimate of drug-likeness (QED) is 0.766. The minimum absolute atomic E-state index is 0.320. The van der Waals surface area contributed by atoms with Crippen molar-refractivity contribution in [3.8, 4) is 0 Å². The Morgan fingerprint density at radius 1 is 1.10 bits per heavy atom. The lowest BCUT2D eigenvalue weighted by atomic mass is 10.1. The minimum Gasteiger partial charge on any atom is -0.305 e. The molecule has 0 radical (unpaired) electrons. The number of nitrogens with one attached hydrogen (secondary N) is 1. The fourth-order valence-corrected chi connectivity index (χ4v) is 3.89. The smallest absolute Gasteiger partial charge is 0.111 e. The molecule has 0 spiro atoms. The van der Waals surface area contributed by atoms with E-state index in [0.717, 1.165) is 5.52 Å². The number of hydrogen-bond acceptors (Lipinski definition) is 3. The summed E-state index contributed by atoms with van der Waals surface area (Å²) in [5.74, 6) is 0.669. The van der Waals surface area contributed by atoms with Gasteiger partial charge in [-0.25, -0.2) is 4.98 Å². The molecule has 0 saturated heterocycles. The van der Waals surface area contributed by atoms with Crippen LogP contribution in [0.1, 0.15) is 35.9 Å². The second-order valence-electron chi connectivity index (χ2n) is 5.77. The summed E-state index contributed by atoms with van der Waals surface area (Å²) in [4.78, 5) is 4.75. The number of aromatic nitrogens is 1. The highest BCUT2D eigenvalue weighted by Crippen LogP contribution is 2.42. The van der Waals surface area contributed by atoms with E-state index in [-0.39, 0.29) is 0 Å². The molecule has 1 heterocycles. The molecule has 1 aliphatic carbocycles. The second kappa shape index (κ2) is 5.24. The topological polar surface area (TPSA) is 24.9 Å². The molecule has 2 aromatic carbocycles. The zero-order valence-corrected chi connectivity index (χ0v) is 12.8. The average Bonchev–Trinajstić information content (AvgIpc) is 3.14. The molecule has 0 bridgehead atoms. The van der Waals surface area contributed by atoms with E-state index in [0.29, 0.717) is 18.0 Å². The lowest BCUT2D eigenvalue weighted by molar-refractivity contribution is 0.561. The van der Waals surface area contributed by atoms with Crippen molar-refractivity contribution in [1.29, 1.82) is 0 Å². The van der Waals surface area contributed by atoms with Crippen molar-refractivity contribution in [2.24, 2.45) is 0 Å². The predicted molar refractivity (Wildman–Crippen MR) is 88.8 cm³/mol. The summed E-state index contributed by atoms with van der Waals surface area (Å²) in [7, 11) is 0. The molecule has 1 fully saturated rings. The van der Waals surface area contributed by atoms with Gasteiger partial charge >= 0.3 is 0 Å². The van der Waals surface area contributed by atoms with Gasteiger partial charge in [0.2, 0.25) is 0 Å². The van der Waals surface area contributed by atoms with Crippen LogP contribution < -0.4 is 5.32 Å². The van der Waals surface area contributed by atoms with E-state index in [4.69, 9.17) is 4.98 Å². The zero-order valence-electron chi connectivity index (χ0n) is 12.0. The van der Waals surface area contributed by atoms with Gasteiger partial charge in [-0.3, -0.25) is 0 Å². The number of thiazole rings is 1. The Morgan fingerprint density at radius 2 is 1.86 bits per heavy atom. The molecule has 3 unspecified atom stereocenters. The lowest BCUT2D eigenvalue weighted by Gasteiger charge is -2.10. The van der Waals surface area contributed by atoms with Gasteiger partial charge in [0, 0.05) is 12.0 Å². The summed E-state index contributed by atoms with van der Waals surface area (Å²) < 4.78 is 1.27. The first-order valence-electron chi connectivity index (χ1n) is 7.48. The molecule has 1 aliphatic rings. The molecule has 2 nitrogen and oxygen atoms in total. The predicted octanol–water partition coefficient (Wildman–Crippen LogP) is 4.50. The first-order valence-corrected chi connectivity index (χ1v) is 8.29. The van der Waals surface area contributed by atoms with Gasteiger partial charge in [-0.15, -0.1) is 11.3 Å². The van der Waals surface area contributed by atoms with Gasteiger partial charge in [0.05, 0.1) is 16.3 Å². The highest BCUT2D eigenvalue weighted by Gasteiger charge is 2.39. The normalized spacial score (nSPS) is 22.3. The maximum Gasteiger partial charge on any atom is 0.111 e. The number of benzene rings is 2. The van der Waals surface area contributed by atoms with Crippen LogP contribution in [0.15, 0.2) is 54.6 Å². The number of rotatable bonds is 4. The highest BCUT2D eigenvalue weighted by atomic mass is 32.1. The van der Waals surface area contributed by atoms with Gasteiger partial charge in [0.1, 0.15) is 5.01 Å². The third-order valence-corrected chi connectivity index (χ3v) is 5.38. The van der Waals surface area contributed by atoms with Gasteiger partial charge < -0.3 is 5.32 Å². The molecule has 1 N–H and O–H groups in total. The van der Waals surface area contributed by atoms with Crippen LogP contribution in [0.25, 0.3) is 10.2 Å². The van der Waals surface area contributed by atoms with Crippen molar-refractivity contribution in [2.45, 2.75) is 31.3 Å². The second-order valence-corrected chi connectivity index (χ2v) is 6.83. The van der Waals surface area contributed by atoms with Crippen LogP contribution in [-0.4, -0.2) is 11.0 Å². The number of para-hydroxylation sites is 1. The standard InChI is InChI=1S/C18H18N2S/c1-12(18-20-15-9-5-6-10-17(15)21-18)19-16-11-14(16)13-7-3-2-4-8-13/h2-10,12,14,16,19H,11H2,1H3. The van der Waals surface area contributed by atoms with E-state index < -0.39 is 0 Å². The van der Waals surface area contributed by atoms with Crippen LogP contribution in [-0.2, 0) is 0 Å². The zero-order chi connectivity index (χ0) is 14.2. The van der Waals surface area contributed by atoms with Crippen LogP contribution in [0.5, 0.6) is 0 Å². The summed E-state index contributed by atoms with van der Waals surface area (Å²) in [5.41, 5.74) is 2.56. The third-order valence-electron chi connectivity index (χ3n) is 4.16. The molecule has 4 rings (SSSR count). The number of hydrogen-bond donors (Lipinski definition) is 1. The SMILES string of the molecule is CC(NC1CC1c1ccccc1)c1nc2ccccc2s1. The van der Waals surface area contributed by atoms with Crippen molar-refractivity contribution in [3.05, 3.63) is 65.2 Å². The first kappa shape index (κ1) is 13.0. The Labute approximate surface area is 128 Å². The molecule has 0 amide bonds. The van der Waals surface area contributed by atoms with Gasteiger partial charge in [-0.1, -0.05) is 42.5 Å². The van der Waals surface area contributed by atoms with Crippen molar-refractivity contribution in [3.63, 3.8) is 0 Å².